The van der Waals surface area contributed by atoms with Crippen LogP contribution in [0.1, 0.15) is 30.1 Å². The van der Waals surface area contributed by atoms with Crippen LogP contribution in [-0.4, -0.2) is 25.0 Å². The number of halogens is 2. The van der Waals surface area contributed by atoms with Crippen LogP contribution in [0.5, 0.6) is 5.75 Å². The summed E-state index contributed by atoms with van der Waals surface area (Å²) < 4.78 is 19.7. The van der Waals surface area contributed by atoms with Crippen molar-refractivity contribution in [2.45, 2.75) is 19.8 Å². The summed E-state index contributed by atoms with van der Waals surface area (Å²) in [6.45, 7) is 2.65. The van der Waals surface area contributed by atoms with Crippen molar-refractivity contribution in [3.05, 3.63) is 58.3 Å². The van der Waals surface area contributed by atoms with Gasteiger partial charge in [0.1, 0.15) is 11.6 Å². The molecule has 0 spiro atoms. The second kappa shape index (κ2) is 9.91. The van der Waals surface area contributed by atoms with Gasteiger partial charge < -0.3 is 15.4 Å². The second-order valence-corrected chi connectivity index (χ2v) is 6.38. The molecule has 0 aliphatic heterocycles. The quantitative estimate of drug-likeness (QED) is 0.628. The summed E-state index contributed by atoms with van der Waals surface area (Å²) in [6.07, 6.45) is 0.607. The number of ether oxygens (including phenoxy) is 1. The number of hydrogen-bond acceptors (Lipinski definition) is 3. The summed E-state index contributed by atoms with van der Waals surface area (Å²) in [5, 5.41) is 5.27. The van der Waals surface area contributed by atoms with E-state index in [0.717, 1.165) is 0 Å². The molecule has 0 saturated carbocycles. The smallest absolute Gasteiger partial charge is 0.255 e. The first-order valence-electron chi connectivity index (χ1n) is 8.26. The highest BCUT2D eigenvalue weighted by atomic mass is 79.9. The Morgan fingerprint density at radius 3 is 2.69 bits per heavy atom. The Hall–Kier alpha value is -2.41. The van der Waals surface area contributed by atoms with Crippen LogP contribution in [0.4, 0.5) is 10.1 Å². The lowest BCUT2D eigenvalue weighted by molar-refractivity contribution is -0.116. The van der Waals surface area contributed by atoms with Crippen LogP contribution in [0.25, 0.3) is 0 Å². The third-order valence-electron chi connectivity index (χ3n) is 3.50. The highest BCUT2D eigenvalue weighted by Gasteiger charge is 2.12. The Labute approximate surface area is 160 Å². The standard InChI is InChI=1S/C19H20BrFN2O3/c1-2-26-17-7-4-3-6-14(17)19(25)22-11-5-8-18(24)23-16-10-9-13(20)12-15(16)21/h3-4,6-7,9-10,12H,2,5,8,11H2,1H3,(H,22,25)(H,23,24). The minimum Gasteiger partial charge on any atom is -0.493 e. The summed E-state index contributed by atoms with van der Waals surface area (Å²) in [7, 11) is 0. The van der Waals surface area contributed by atoms with E-state index in [9.17, 15) is 14.0 Å². The highest BCUT2D eigenvalue weighted by molar-refractivity contribution is 9.10. The van der Waals surface area contributed by atoms with Crippen molar-refractivity contribution in [2.75, 3.05) is 18.5 Å². The Balaban J connectivity index is 1.78. The molecule has 0 heterocycles. The van der Waals surface area contributed by atoms with Gasteiger partial charge in [-0.3, -0.25) is 9.59 Å². The molecule has 2 amide bonds. The van der Waals surface area contributed by atoms with Gasteiger partial charge in [-0.15, -0.1) is 0 Å². The van der Waals surface area contributed by atoms with E-state index in [2.05, 4.69) is 26.6 Å². The molecule has 2 aromatic carbocycles. The van der Waals surface area contributed by atoms with E-state index in [4.69, 9.17) is 4.74 Å². The van der Waals surface area contributed by atoms with E-state index >= 15 is 0 Å². The number of rotatable bonds is 8. The number of para-hydroxylation sites is 1. The zero-order valence-electron chi connectivity index (χ0n) is 14.4. The fraction of sp³-hybridized carbons (Fsp3) is 0.263. The Bertz CT molecular complexity index is 783. The Morgan fingerprint density at radius 1 is 1.19 bits per heavy atom. The van der Waals surface area contributed by atoms with E-state index in [1.807, 2.05) is 6.92 Å². The van der Waals surface area contributed by atoms with Crippen molar-refractivity contribution in [3.8, 4) is 5.75 Å². The third kappa shape index (κ3) is 5.84. The molecule has 0 aliphatic carbocycles. The maximum absolute atomic E-state index is 13.7. The molecule has 26 heavy (non-hydrogen) atoms. The Morgan fingerprint density at radius 2 is 1.96 bits per heavy atom. The van der Waals surface area contributed by atoms with Gasteiger partial charge in [0.25, 0.3) is 5.91 Å². The molecule has 0 atom stereocenters. The van der Waals surface area contributed by atoms with Gasteiger partial charge in [-0.05, 0) is 43.7 Å². The molecule has 0 fully saturated rings. The summed E-state index contributed by atoms with van der Waals surface area (Å²) in [6, 6.07) is 11.4. The normalized spacial score (nSPS) is 10.3. The number of anilines is 1. The van der Waals surface area contributed by atoms with Crippen molar-refractivity contribution < 1.29 is 18.7 Å². The third-order valence-corrected chi connectivity index (χ3v) is 4.00. The van der Waals surface area contributed by atoms with Gasteiger partial charge in [0, 0.05) is 17.4 Å². The van der Waals surface area contributed by atoms with Crippen LogP contribution < -0.4 is 15.4 Å². The molecule has 0 aromatic heterocycles. The SMILES string of the molecule is CCOc1ccccc1C(=O)NCCCC(=O)Nc1ccc(Br)cc1F. The fourth-order valence-corrected chi connectivity index (χ4v) is 2.62. The summed E-state index contributed by atoms with van der Waals surface area (Å²) in [4.78, 5) is 24.1. The molecule has 138 valence electrons. The van der Waals surface area contributed by atoms with Crippen molar-refractivity contribution in [1.29, 1.82) is 0 Å². The second-order valence-electron chi connectivity index (χ2n) is 5.46. The maximum atomic E-state index is 13.7. The molecule has 0 saturated heterocycles. The average Bonchev–Trinajstić information content (AvgIpc) is 2.62. The predicted molar refractivity (Wildman–Crippen MR) is 102 cm³/mol. The summed E-state index contributed by atoms with van der Waals surface area (Å²) in [5.74, 6) is -0.548. The van der Waals surface area contributed by atoms with Gasteiger partial charge in [-0.25, -0.2) is 4.39 Å². The van der Waals surface area contributed by atoms with Crippen LogP contribution in [0.15, 0.2) is 46.9 Å². The van der Waals surface area contributed by atoms with Crippen LogP contribution in [0, 0.1) is 5.82 Å². The zero-order chi connectivity index (χ0) is 18.9. The molecule has 0 radical (unpaired) electrons. The first kappa shape index (κ1) is 19.9. The molecule has 0 bridgehead atoms. The lowest BCUT2D eigenvalue weighted by Gasteiger charge is -2.10. The van der Waals surface area contributed by atoms with E-state index < -0.39 is 5.82 Å². The molecular formula is C19H20BrFN2O3. The molecule has 7 heteroatoms. The van der Waals surface area contributed by atoms with Crippen LogP contribution >= 0.6 is 15.9 Å². The summed E-state index contributed by atoms with van der Waals surface area (Å²) in [5.41, 5.74) is 0.587. The van der Waals surface area contributed by atoms with E-state index in [1.165, 1.54) is 12.1 Å². The van der Waals surface area contributed by atoms with Crippen molar-refractivity contribution in [3.63, 3.8) is 0 Å². The number of hydrogen-bond donors (Lipinski definition) is 2. The molecule has 5 nitrogen and oxygen atoms in total. The van der Waals surface area contributed by atoms with E-state index in [-0.39, 0.29) is 23.9 Å². The van der Waals surface area contributed by atoms with E-state index in [0.29, 0.717) is 35.4 Å². The zero-order valence-corrected chi connectivity index (χ0v) is 15.9. The first-order chi connectivity index (χ1) is 12.5. The lowest BCUT2D eigenvalue weighted by atomic mass is 10.2. The predicted octanol–water partition coefficient (Wildman–Crippen LogP) is 4.14. The number of carbonyl (C=O) groups excluding carboxylic acids is 2. The number of amides is 2. The lowest BCUT2D eigenvalue weighted by Crippen LogP contribution is -2.26. The van der Waals surface area contributed by atoms with E-state index in [1.54, 1.807) is 30.3 Å². The average molecular weight is 423 g/mol. The number of benzene rings is 2. The van der Waals surface area contributed by atoms with Gasteiger partial charge in [0.2, 0.25) is 5.91 Å². The topological polar surface area (TPSA) is 67.4 Å². The molecule has 0 unspecified atom stereocenters. The van der Waals surface area contributed by atoms with Gasteiger partial charge in [-0.1, -0.05) is 28.1 Å². The van der Waals surface area contributed by atoms with Gasteiger partial charge >= 0.3 is 0 Å². The minimum absolute atomic E-state index is 0.132. The van der Waals surface area contributed by atoms with Crippen molar-refractivity contribution in [1.82, 2.24) is 5.32 Å². The molecule has 2 N–H and O–H groups in total. The Kier molecular flexibility index (Phi) is 7.59. The first-order valence-corrected chi connectivity index (χ1v) is 9.05. The van der Waals surface area contributed by atoms with Crippen molar-refractivity contribution >= 4 is 33.4 Å². The molecule has 2 rings (SSSR count). The number of nitrogens with one attached hydrogen (secondary N) is 2. The monoisotopic (exact) mass is 422 g/mol. The van der Waals surface area contributed by atoms with Crippen LogP contribution in [-0.2, 0) is 4.79 Å². The largest absolute Gasteiger partial charge is 0.493 e. The van der Waals surface area contributed by atoms with Crippen LogP contribution in [0.3, 0.4) is 0 Å². The molecule has 0 aliphatic rings. The van der Waals surface area contributed by atoms with Crippen molar-refractivity contribution in [2.24, 2.45) is 0 Å². The number of carbonyl (C=O) groups is 2. The maximum Gasteiger partial charge on any atom is 0.255 e. The van der Waals surface area contributed by atoms with Gasteiger partial charge in [-0.2, -0.15) is 0 Å². The van der Waals surface area contributed by atoms with Gasteiger partial charge in [0.15, 0.2) is 0 Å². The molecule has 2 aromatic rings. The van der Waals surface area contributed by atoms with Gasteiger partial charge in [0.05, 0.1) is 17.9 Å². The molecular weight excluding hydrogens is 403 g/mol. The highest BCUT2D eigenvalue weighted by Crippen LogP contribution is 2.20. The van der Waals surface area contributed by atoms with Crippen LogP contribution in [0.2, 0.25) is 0 Å². The fourth-order valence-electron chi connectivity index (χ4n) is 2.29. The minimum atomic E-state index is -0.506. The summed E-state index contributed by atoms with van der Waals surface area (Å²) >= 11 is 3.16.